The third-order valence-corrected chi connectivity index (χ3v) is 1.93. The summed E-state index contributed by atoms with van der Waals surface area (Å²) < 4.78 is 5.15. The van der Waals surface area contributed by atoms with Gasteiger partial charge in [-0.25, -0.2) is 14.7 Å². The van der Waals surface area contributed by atoms with Gasteiger partial charge in [0.15, 0.2) is 5.78 Å². The fourth-order valence-corrected chi connectivity index (χ4v) is 1.24. The molecule has 0 atom stereocenters. The van der Waals surface area contributed by atoms with Gasteiger partial charge in [-0.05, 0) is 20.8 Å². The Kier molecular flexibility index (Phi) is 4.21. The van der Waals surface area contributed by atoms with Crippen molar-refractivity contribution in [1.82, 2.24) is 4.90 Å². The number of hydrogen-bond acceptors (Lipinski definition) is 5. The molecule has 0 bridgehead atoms. The highest BCUT2D eigenvalue weighted by atomic mass is 16.6. The minimum Gasteiger partial charge on any atom is -0.443 e. The summed E-state index contributed by atoms with van der Waals surface area (Å²) in [5.74, 6) is -0.0199. The van der Waals surface area contributed by atoms with Gasteiger partial charge in [0.2, 0.25) is 0 Å². The Balaban J connectivity index is 2.90. The van der Waals surface area contributed by atoms with Gasteiger partial charge in [0.1, 0.15) is 18.0 Å². The van der Waals surface area contributed by atoms with Gasteiger partial charge in [0.25, 0.3) is 0 Å². The molecule has 6 heteroatoms. The van der Waals surface area contributed by atoms with E-state index in [1.54, 1.807) is 20.8 Å². The predicted octanol–water partition coefficient (Wildman–Crippen LogP) is 1.63. The van der Waals surface area contributed by atoms with Crippen molar-refractivity contribution in [2.45, 2.75) is 32.8 Å². The second-order valence-corrected chi connectivity index (χ2v) is 4.71. The second kappa shape index (κ2) is 5.45. The molecule has 0 aliphatic carbocycles. The SMILES string of the molecule is CC(C)(C)OC(=O)N(CC#N)C1=CC(=O)CC=N1. The first-order chi connectivity index (χ1) is 8.33. The number of aliphatic imine (C=N–C) groups is 1. The summed E-state index contributed by atoms with van der Waals surface area (Å²) >= 11 is 0. The molecule has 0 aromatic carbocycles. The zero-order chi connectivity index (χ0) is 13.8. The average Bonchev–Trinajstić information content (AvgIpc) is 2.23. The highest BCUT2D eigenvalue weighted by molar-refractivity contribution is 6.01. The van der Waals surface area contributed by atoms with Gasteiger partial charge in [-0.1, -0.05) is 0 Å². The molecule has 0 spiro atoms. The van der Waals surface area contributed by atoms with Crippen LogP contribution in [0.15, 0.2) is 16.9 Å². The number of carbonyl (C=O) groups excluding carboxylic acids is 2. The lowest BCUT2D eigenvalue weighted by atomic mass is 10.2. The molecule has 96 valence electrons. The molecule has 0 aromatic rings. The van der Waals surface area contributed by atoms with Crippen molar-refractivity contribution in [1.29, 1.82) is 5.26 Å². The van der Waals surface area contributed by atoms with E-state index in [-0.39, 0.29) is 24.6 Å². The molecule has 0 radical (unpaired) electrons. The fraction of sp³-hybridized carbons (Fsp3) is 0.500. The van der Waals surface area contributed by atoms with E-state index < -0.39 is 11.7 Å². The van der Waals surface area contributed by atoms with Crippen molar-refractivity contribution in [3.05, 3.63) is 11.9 Å². The van der Waals surface area contributed by atoms with Crippen molar-refractivity contribution >= 4 is 18.1 Å². The molecule has 1 aliphatic rings. The Morgan fingerprint density at radius 2 is 2.28 bits per heavy atom. The highest BCUT2D eigenvalue weighted by Gasteiger charge is 2.25. The number of hydrogen-bond donors (Lipinski definition) is 0. The predicted molar refractivity (Wildman–Crippen MR) is 64.8 cm³/mol. The second-order valence-electron chi connectivity index (χ2n) is 4.71. The van der Waals surface area contributed by atoms with Crippen molar-refractivity contribution in [3.8, 4) is 6.07 Å². The van der Waals surface area contributed by atoms with Gasteiger partial charge < -0.3 is 4.74 Å². The molecule has 0 N–H and O–H groups in total. The number of carbonyl (C=O) groups is 2. The lowest BCUT2D eigenvalue weighted by Crippen LogP contribution is -2.36. The molecule has 18 heavy (non-hydrogen) atoms. The van der Waals surface area contributed by atoms with Crippen LogP contribution in [0.1, 0.15) is 27.2 Å². The maximum absolute atomic E-state index is 11.9. The van der Waals surface area contributed by atoms with E-state index in [9.17, 15) is 9.59 Å². The summed E-state index contributed by atoms with van der Waals surface area (Å²) in [6, 6.07) is 1.85. The van der Waals surface area contributed by atoms with Crippen molar-refractivity contribution in [2.75, 3.05) is 6.54 Å². The fourth-order valence-electron chi connectivity index (χ4n) is 1.24. The van der Waals surface area contributed by atoms with E-state index in [0.717, 1.165) is 4.90 Å². The summed E-state index contributed by atoms with van der Waals surface area (Å²) in [7, 11) is 0. The van der Waals surface area contributed by atoms with E-state index in [0.29, 0.717) is 0 Å². The van der Waals surface area contributed by atoms with E-state index in [4.69, 9.17) is 10.00 Å². The third kappa shape index (κ3) is 4.01. The van der Waals surface area contributed by atoms with Crippen LogP contribution in [-0.4, -0.2) is 35.1 Å². The van der Waals surface area contributed by atoms with E-state index in [2.05, 4.69) is 4.99 Å². The number of allylic oxidation sites excluding steroid dienone is 1. The van der Waals surface area contributed by atoms with Crippen LogP contribution in [-0.2, 0) is 9.53 Å². The van der Waals surface area contributed by atoms with Crippen LogP contribution in [0.25, 0.3) is 0 Å². The van der Waals surface area contributed by atoms with Gasteiger partial charge in [0.05, 0.1) is 6.07 Å². The van der Waals surface area contributed by atoms with Crippen LogP contribution >= 0.6 is 0 Å². The zero-order valence-corrected chi connectivity index (χ0v) is 10.6. The number of nitrogens with zero attached hydrogens (tertiary/aromatic N) is 3. The molecule has 1 amide bonds. The molecule has 1 rings (SSSR count). The largest absolute Gasteiger partial charge is 0.443 e. The van der Waals surface area contributed by atoms with Crippen LogP contribution in [0, 0.1) is 11.3 Å². The van der Waals surface area contributed by atoms with Crippen LogP contribution in [0.5, 0.6) is 0 Å². The molecular weight excluding hydrogens is 234 g/mol. The van der Waals surface area contributed by atoms with E-state index in [1.165, 1.54) is 12.3 Å². The van der Waals surface area contributed by atoms with Gasteiger partial charge in [0, 0.05) is 18.7 Å². The van der Waals surface area contributed by atoms with Gasteiger partial charge in [-0.3, -0.25) is 4.79 Å². The Morgan fingerprint density at radius 3 is 2.78 bits per heavy atom. The molecule has 0 aromatic heterocycles. The van der Waals surface area contributed by atoms with Crippen LogP contribution in [0.3, 0.4) is 0 Å². The van der Waals surface area contributed by atoms with E-state index in [1.807, 2.05) is 6.07 Å². The van der Waals surface area contributed by atoms with Crippen LogP contribution in [0.2, 0.25) is 0 Å². The molecule has 0 saturated carbocycles. The summed E-state index contributed by atoms with van der Waals surface area (Å²) in [5, 5.41) is 8.72. The maximum atomic E-state index is 11.9. The summed E-state index contributed by atoms with van der Waals surface area (Å²) in [4.78, 5) is 28.1. The number of rotatable bonds is 2. The molecule has 0 saturated heterocycles. The van der Waals surface area contributed by atoms with Crippen molar-refractivity contribution in [3.63, 3.8) is 0 Å². The highest BCUT2D eigenvalue weighted by Crippen LogP contribution is 2.16. The standard InChI is InChI=1S/C12H15N3O3/c1-12(2,3)18-11(17)15(7-5-13)10-8-9(16)4-6-14-10/h6,8H,4,7H2,1-3H3. The summed E-state index contributed by atoms with van der Waals surface area (Å²) in [5.41, 5.74) is -0.673. The van der Waals surface area contributed by atoms with Gasteiger partial charge in [-0.2, -0.15) is 5.26 Å². The Labute approximate surface area is 106 Å². The molecule has 0 fully saturated rings. The van der Waals surface area contributed by atoms with Gasteiger partial charge >= 0.3 is 6.09 Å². The first-order valence-electron chi connectivity index (χ1n) is 5.48. The third-order valence-electron chi connectivity index (χ3n) is 1.93. The minimum absolute atomic E-state index is 0.141. The Bertz CT molecular complexity index is 452. The van der Waals surface area contributed by atoms with Crippen LogP contribution in [0.4, 0.5) is 4.79 Å². The topological polar surface area (TPSA) is 82.8 Å². The first kappa shape index (κ1) is 13.9. The maximum Gasteiger partial charge on any atom is 0.416 e. The Morgan fingerprint density at radius 1 is 1.61 bits per heavy atom. The normalized spacial score (nSPS) is 14.8. The number of ketones is 1. The monoisotopic (exact) mass is 249 g/mol. The zero-order valence-electron chi connectivity index (χ0n) is 10.6. The Hall–Kier alpha value is -2.16. The van der Waals surface area contributed by atoms with Crippen molar-refractivity contribution < 1.29 is 14.3 Å². The first-order valence-corrected chi connectivity index (χ1v) is 5.48. The molecule has 0 unspecified atom stereocenters. The molecule has 1 heterocycles. The minimum atomic E-state index is -0.692. The molecular formula is C12H15N3O3. The number of nitriles is 1. The molecule has 6 nitrogen and oxygen atoms in total. The number of ether oxygens (including phenoxy) is 1. The van der Waals surface area contributed by atoms with Crippen molar-refractivity contribution in [2.24, 2.45) is 4.99 Å². The summed E-state index contributed by atoms with van der Waals surface area (Å²) in [6.45, 7) is 4.95. The molecule has 1 aliphatic heterocycles. The van der Waals surface area contributed by atoms with Crippen LogP contribution < -0.4 is 0 Å². The van der Waals surface area contributed by atoms with Gasteiger partial charge in [-0.15, -0.1) is 0 Å². The summed E-state index contributed by atoms with van der Waals surface area (Å²) in [6.07, 6.45) is 2.16. The lowest BCUT2D eigenvalue weighted by molar-refractivity contribution is -0.113. The quantitative estimate of drug-likeness (QED) is 0.696. The van der Waals surface area contributed by atoms with E-state index >= 15 is 0 Å². The smallest absolute Gasteiger partial charge is 0.416 e. The average molecular weight is 249 g/mol. The lowest BCUT2D eigenvalue weighted by Gasteiger charge is -2.26. The number of amides is 1.